The third-order valence-corrected chi connectivity index (χ3v) is 3.01. The molecule has 0 radical (unpaired) electrons. The molecule has 5 nitrogen and oxygen atoms in total. The van der Waals surface area contributed by atoms with Crippen LogP contribution in [0.4, 0.5) is 5.69 Å². The van der Waals surface area contributed by atoms with Crippen molar-refractivity contribution in [2.45, 2.75) is 20.4 Å². The molecule has 0 saturated carbocycles. The van der Waals surface area contributed by atoms with Crippen molar-refractivity contribution in [3.63, 3.8) is 0 Å². The lowest BCUT2D eigenvalue weighted by atomic mass is 10.1. The van der Waals surface area contributed by atoms with E-state index in [-0.39, 0.29) is 5.91 Å². The van der Waals surface area contributed by atoms with Gasteiger partial charge in [-0.3, -0.25) is 14.8 Å². The Kier molecular flexibility index (Phi) is 4.65. The van der Waals surface area contributed by atoms with Crippen molar-refractivity contribution < 1.29 is 4.79 Å². The second-order valence-corrected chi connectivity index (χ2v) is 4.44. The molecular weight excluding hydrogens is 252 g/mol. The number of aryl methyl sites for hydroxylation is 1. The zero-order valence-electron chi connectivity index (χ0n) is 11.7. The van der Waals surface area contributed by atoms with E-state index in [4.69, 9.17) is 0 Å². The second-order valence-electron chi connectivity index (χ2n) is 4.44. The van der Waals surface area contributed by atoms with Gasteiger partial charge >= 0.3 is 0 Å². The maximum atomic E-state index is 12.2. The minimum absolute atomic E-state index is 0.134. The summed E-state index contributed by atoms with van der Waals surface area (Å²) in [6.07, 6.45) is 6.76. The van der Waals surface area contributed by atoms with E-state index in [9.17, 15) is 4.79 Å². The van der Waals surface area contributed by atoms with Crippen LogP contribution >= 0.6 is 0 Å². The average molecular weight is 270 g/mol. The summed E-state index contributed by atoms with van der Waals surface area (Å²) in [5, 5.41) is 6.06. The fraction of sp³-hybridized carbons (Fsp3) is 0.267. The normalized spacial score (nSPS) is 10.1. The van der Waals surface area contributed by atoms with Gasteiger partial charge in [-0.15, -0.1) is 0 Å². The van der Waals surface area contributed by atoms with E-state index in [1.807, 2.05) is 19.9 Å². The predicted octanol–water partition coefficient (Wildman–Crippen LogP) is 2.15. The molecule has 0 aromatic carbocycles. The SMILES string of the molecule is CCNc1ccncc1C(=O)NCc1ccncc1C. The van der Waals surface area contributed by atoms with Gasteiger partial charge in [0.2, 0.25) is 0 Å². The van der Waals surface area contributed by atoms with Crippen molar-refractivity contribution in [2.75, 3.05) is 11.9 Å². The number of aromatic nitrogens is 2. The molecule has 0 saturated heterocycles. The number of hydrogen-bond donors (Lipinski definition) is 2. The van der Waals surface area contributed by atoms with Gasteiger partial charge in [-0.05, 0) is 37.1 Å². The standard InChI is InChI=1S/C15H18N4O/c1-3-18-14-5-7-17-10-13(14)15(20)19-9-12-4-6-16-8-11(12)2/h4-8,10H,3,9H2,1-2H3,(H,17,18)(H,19,20). The number of rotatable bonds is 5. The molecule has 0 unspecified atom stereocenters. The van der Waals surface area contributed by atoms with Crippen LogP contribution in [-0.4, -0.2) is 22.4 Å². The van der Waals surface area contributed by atoms with Gasteiger partial charge in [-0.2, -0.15) is 0 Å². The molecule has 0 fully saturated rings. The van der Waals surface area contributed by atoms with Crippen LogP contribution in [0.3, 0.4) is 0 Å². The zero-order chi connectivity index (χ0) is 14.4. The Morgan fingerprint density at radius 3 is 2.70 bits per heavy atom. The van der Waals surface area contributed by atoms with Crippen LogP contribution in [0.25, 0.3) is 0 Å². The Hall–Kier alpha value is -2.43. The van der Waals surface area contributed by atoms with E-state index in [0.717, 1.165) is 23.4 Å². The first-order valence-corrected chi connectivity index (χ1v) is 6.58. The van der Waals surface area contributed by atoms with Crippen molar-refractivity contribution in [2.24, 2.45) is 0 Å². The van der Waals surface area contributed by atoms with Gasteiger partial charge in [-0.1, -0.05) is 0 Å². The topological polar surface area (TPSA) is 66.9 Å². The molecule has 0 aliphatic carbocycles. The Morgan fingerprint density at radius 1 is 1.20 bits per heavy atom. The van der Waals surface area contributed by atoms with Gasteiger partial charge in [0.15, 0.2) is 0 Å². The lowest BCUT2D eigenvalue weighted by Crippen LogP contribution is -2.24. The molecule has 0 spiro atoms. The number of pyridine rings is 2. The number of carbonyl (C=O) groups is 1. The summed E-state index contributed by atoms with van der Waals surface area (Å²) in [4.78, 5) is 20.3. The summed E-state index contributed by atoms with van der Waals surface area (Å²) in [6.45, 7) is 5.20. The van der Waals surface area contributed by atoms with Crippen molar-refractivity contribution in [3.05, 3.63) is 53.6 Å². The maximum absolute atomic E-state index is 12.2. The lowest BCUT2D eigenvalue weighted by molar-refractivity contribution is 0.0951. The fourth-order valence-corrected chi connectivity index (χ4v) is 1.89. The fourth-order valence-electron chi connectivity index (χ4n) is 1.89. The van der Waals surface area contributed by atoms with Crippen LogP contribution in [0, 0.1) is 6.92 Å². The summed E-state index contributed by atoms with van der Waals surface area (Å²) in [5.74, 6) is -0.134. The largest absolute Gasteiger partial charge is 0.385 e. The molecule has 5 heteroatoms. The summed E-state index contributed by atoms with van der Waals surface area (Å²) in [7, 11) is 0. The highest BCUT2D eigenvalue weighted by Gasteiger charge is 2.11. The zero-order valence-corrected chi connectivity index (χ0v) is 11.7. The highest BCUT2D eigenvalue weighted by Crippen LogP contribution is 2.13. The molecule has 2 aromatic heterocycles. The number of anilines is 1. The maximum Gasteiger partial charge on any atom is 0.255 e. The Bertz CT molecular complexity index is 598. The number of nitrogens with zero attached hydrogens (tertiary/aromatic N) is 2. The molecule has 20 heavy (non-hydrogen) atoms. The number of hydrogen-bond acceptors (Lipinski definition) is 4. The van der Waals surface area contributed by atoms with E-state index in [0.29, 0.717) is 12.1 Å². The monoisotopic (exact) mass is 270 g/mol. The molecule has 2 N–H and O–H groups in total. The van der Waals surface area contributed by atoms with Crippen LogP contribution < -0.4 is 10.6 Å². The Balaban J connectivity index is 2.07. The first-order valence-electron chi connectivity index (χ1n) is 6.58. The number of amides is 1. The van der Waals surface area contributed by atoms with Crippen LogP contribution in [0.5, 0.6) is 0 Å². The van der Waals surface area contributed by atoms with Gasteiger partial charge in [-0.25, -0.2) is 0 Å². The second kappa shape index (κ2) is 6.65. The lowest BCUT2D eigenvalue weighted by Gasteiger charge is -2.11. The number of carbonyl (C=O) groups excluding carboxylic acids is 1. The van der Waals surface area contributed by atoms with Gasteiger partial charge in [0.1, 0.15) is 0 Å². The summed E-state index contributed by atoms with van der Waals surface area (Å²) in [5.41, 5.74) is 3.47. The molecule has 1 amide bonds. The van der Waals surface area contributed by atoms with E-state index in [1.54, 1.807) is 30.9 Å². The average Bonchev–Trinajstić information content (AvgIpc) is 2.47. The molecule has 2 rings (SSSR count). The molecule has 0 aliphatic rings. The highest BCUT2D eigenvalue weighted by molar-refractivity contribution is 5.99. The van der Waals surface area contributed by atoms with Crippen molar-refractivity contribution in [1.29, 1.82) is 0 Å². The summed E-state index contributed by atoms with van der Waals surface area (Å²) < 4.78 is 0. The van der Waals surface area contributed by atoms with E-state index in [1.165, 1.54) is 0 Å². The Labute approximate surface area is 118 Å². The molecule has 0 atom stereocenters. The predicted molar refractivity (Wildman–Crippen MR) is 78.5 cm³/mol. The van der Waals surface area contributed by atoms with Crippen molar-refractivity contribution in [3.8, 4) is 0 Å². The van der Waals surface area contributed by atoms with Crippen molar-refractivity contribution >= 4 is 11.6 Å². The van der Waals surface area contributed by atoms with Crippen LogP contribution in [-0.2, 0) is 6.54 Å². The van der Waals surface area contributed by atoms with Crippen LogP contribution in [0.15, 0.2) is 36.9 Å². The third kappa shape index (κ3) is 3.32. The van der Waals surface area contributed by atoms with Gasteiger partial charge < -0.3 is 10.6 Å². The summed E-state index contributed by atoms with van der Waals surface area (Å²) in [6, 6.07) is 3.71. The molecule has 104 valence electrons. The molecule has 2 heterocycles. The minimum atomic E-state index is -0.134. The summed E-state index contributed by atoms with van der Waals surface area (Å²) >= 11 is 0. The van der Waals surface area contributed by atoms with Crippen LogP contribution in [0.2, 0.25) is 0 Å². The smallest absolute Gasteiger partial charge is 0.255 e. The Morgan fingerprint density at radius 2 is 1.95 bits per heavy atom. The first-order chi connectivity index (χ1) is 9.72. The van der Waals surface area contributed by atoms with E-state index >= 15 is 0 Å². The molecular formula is C15H18N4O. The number of nitrogens with one attached hydrogen (secondary N) is 2. The minimum Gasteiger partial charge on any atom is -0.385 e. The van der Waals surface area contributed by atoms with Crippen molar-refractivity contribution in [1.82, 2.24) is 15.3 Å². The molecule has 0 bridgehead atoms. The van der Waals surface area contributed by atoms with E-state index < -0.39 is 0 Å². The first kappa shape index (κ1) is 14.0. The van der Waals surface area contributed by atoms with Crippen LogP contribution in [0.1, 0.15) is 28.4 Å². The third-order valence-electron chi connectivity index (χ3n) is 3.01. The molecule has 2 aromatic rings. The van der Waals surface area contributed by atoms with Gasteiger partial charge in [0.05, 0.1) is 11.3 Å². The highest BCUT2D eigenvalue weighted by atomic mass is 16.1. The van der Waals surface area contributed by atoms with E-state index in [2.05, 4.69) is 20.6 Å². The molecule has 0 aliphatic heterocycles. The quantitative estimate of drug-likeness (QED) is 0.873. The van der Waals surface area contributed by atoms with Gasteiger partial charge in [0, 0.05) is 37.9 Å². The van der Waals surface area contributed by atoms with Gasteiger partial charge in [0.25, 0.3) is 5.91 Å².